The van der Waals surface area contributed by atoms with Crippen molar-refractivity contribution < 1.29 is 4.74 Å². The summed E-state index contributed by atoms with van der Waals surface area (Å²) in [6.07, 6.45) is 3.41. The topological polar surface area (TPSA) is 59.9 Å². The summed E-state index contributed by atoms with van der Waals surface area (Å²) in [6.45, 7) is 2.79. The Balaban J connectivity index is 2.34. The van der Waals surface area contributed by atoms with Crippen LogP contribution in [0.5, 0.6) is 5.75 Å². The van der Waals surface area contributed by atoms with E-state index in [-0.39, 0.29) is 0 Å². The summed E-state index contributed by atoms with van der Waals surface area (Å²) in [4.78, 5) is 12.7. The molecule has 2 rings (SSSR count). The third-order valence-corrected chi connectivity index (χ3v) is 2.22. The zero-order valence-electron chi connectivity index (χ0n) is 9.84. The molecule has 2 aromatic rings. The Bertz CT molecular complexity index is 501. The average Bonchev–Trinajstić information content (AvgIpc) is 2.40. The minimum atomic E-state index is 0.606. The molecule has 0 fully saturated rings. The molecule has 5 nitrogen and oxygen atoms in total. The lowest BCUT2D eigenvalue weighted by Gasteiger charge is -2.05. The molecule has 0 aliphatic heterocycles. The summed E-state index contributed by atoms with van der Waals surface area (Å²) in [5, 5.41) is 3.07. The molecular weight excluding hydrogens is 216 g/mol. The van der Waals surface area contributed by atoms with E-state index >= 15 is 0 Å². The molecule has 0 aromatic carbocycles. The predicted molar refractivity (Wildman–Crippen MR) is 66.0 cm³/mol. The first-order valence-corrected chi connectivity index (χ1v) is 5.41. The van der Waals surface area contributed by atoms with Crippen LogP contribution in [0.2, 0.25) is 0 Å². The lowest BCUT2D eigenvalue weighted by molar-refractivity contribution is 0.414. The lowest BCUT2D eigenvalue weighted by atomic mass is 10.2. The molecule has 0 amide bonds. The molecule has 0 atom stereocenters. The van der Waals surface area contributed by atoms with Crippen molar-refractivity contribution in [2.24, 2.45) is 0 Å². The second-order valence-corrected chi connectivity index (χ2v) is 3.38. The Hall–Kier alpha value is -2.17. The SMILES string of the molecule is CCNc1nccc(-c2cc(OC)ccn2)n1. The van der Waals surface area contributed by atoms with Crippen LogP contribution >= 0.6 is 0 Å². The van der Waals surface area contributed by atoms with Crippen LogP contribution in [0.3, 0.4) is 0 Å². The number of anilines is 1. The number of hydrogen-bond acceptors (Lipinski definition) is 5. The van der Waals surface area contributed by atoms with E-state index in [0.717, 1.165) is 23.7 Å². The maximum absolute atomic E-state index is 5.16. The van der Waals surface area contributed by atoms with Crippen molar-refractivity contribution in [3.05, 3.63) is 30.6 Å². The van der Waals surface area contributed by atoms with Gasteiger partial charge in [0.05, 0.1) is 18.5 Å². The Labute approximate surface area is 99.9 Å². The van der Waals surface area contributed by atoms with Crippen LogP contribution in [-0.4, -0.2) is 28.6 Å². The molecule has 88 valence electrons. The van der Waals surface area contributed by atoms with Gasteiger partial charge in [-0.2, -0.15) is 0 Å². The summed E-state index contributed by atoms with van der Waals surface area (Å²) in [7, 11) is 1.63. The normalized spacial score (nSPS) is 10.0. The molecule has 0 spiro atoms. The van der Waals surface area contributed by atoms with Crippen LogP contribution in [0.15, 0.2) is 30.6 Å². The van der Waals surface area contributed by atoms with Crippen LogP contribution < -0.4 is 10.1 Å². The Morgan fingerprint density at radius 2 is 2.00 bits per heavy atom. The fraction of sp³-hybridized carbons (Fsp3) is 0.250. The summed E-state index contributed by atoms with van der Waals surface area (Å²) in [6, 6.07) is 5.47. The van der Waals surface area contributed by atoms with Crippen LogP contribution in [0.25, 0.3) is 11.4 Å². The molecule has 0 unspecified atom stereocenters. The van der Waals surface area contributed by atoms with Crippen molar-refractivity contribution in [2.75, 3.05) is 19.0 Å². The summed E-state index contributed by atoms with van der Waals surface area (Å²) in [5.41, 5.74) is 1.54. The van der Waals surface area contributed by atoms with Gasteiger partial charge < -0.3 is 10.1 Å². The van der Waals surface area contributed by atoms with Crippen molar-refractivity contribution >= 4 is 5.95 Å². The first-order valence-electron chi connectivity index (χ1n) is 5.41. The summed E-state index contributed by atoms with van der Waals surface area (Å²) in [5.74, 6) is 1.37. The van der Waals surface area contributed by atoms with Crippen LogP contribution in [-0.2, 0) is 0 Å². The molecule has 2 aromatic heterocycles. The van der Waals surface area contributed by atoms with E-state index in [1.807, 2.05) is 19.1 Å². The molecule has 5 heteroatoms. The van der Waals surface area contributed by atoms with Crippen molar-refractivity contribution in [3.63, 3.8) is 0 Å². The zero-order chi connectivity index (χ0) is 12.1. The smallest absolute Gasteiger partial charge is 0.223 e. The Morgan fingerprint density at radius 1 is 1.18 bits per heavy atom. The van der Waals surface area contributed by atoms with Gasteiger partial charge in [-0.15, -0.1) is 0 Å². The number of nitrogens with zero attached hydrogens (tertiary/aromatic N) is 3. The van der Waals surface area contributed by atoms with Crippen LogP contribution in [0.1, 0.15) is 6.92 Å². The van der Waals surface area contributed by atoms with Gasteiger partial charge in [0.25, 0.3) is 0 Å². The van der Waals surface area contributed by atoms with Crippen LogP contribution in [0, 0.1) is 0 Å². The van der Waals surface area contributed by atoms with Crippen LogP contribution in [0.4, 0.5) is 5.95 Å². The number of nitrogens with one attached hydrogen (secondary N) is 1. The van der Waals surface area contributed by atoms with Gasteiger partial charge in [0.1, 0.15) is 5.75 Å². The van der Waals surface area contributed by atoms with E-state index in [1.54, 1.807) is 25.6 Å². The first kappa shape index (κ1) is 11.3. The van der Waals surface area contributed by atoms with Crippen molar-refractivity contribution in [1.82, 2.24) is 15.0 Å². The van der Waals surface area contributed by atoms with Crippen molar-refractivity contribution in [1.29, 1.82) is 0 Å². The standard InChI is InChI=1S/C12H14N4O/c1-3-13-12-15-7-5-10(16-12)11-8-9(17-2)4-6-14-11/h4-8H,3H2,1-2H3,(H,13,15,16). The zero-order valence-corrected chi connectivity index (χ0v) is 9.84. The number of rotatable bonds is 4. The molecule has 0 saturated carbocycles. The molecular formula is C12H14N4O. The summed E-state index contributed by atoms with van der Waals surface area (Å²) >= 11 is 0. The average molecular weight is 230 g/mol. The Kier molecular flexibility index (Phi) is 3.49. The highest BCUT2D eigenvalue weighted by Gasteiger charge is 2.04. The molecule has 0 radical (unpaired) electrons. The fourth-order valence-electron chi connectivity index (χ4n) is 1.42. The van der Waals surface area contributed by atoms with Gasteiger partial charge in [-0.1, -0.05) is 0 Å². The number of aromatic nitrogens is 3. The minimum Gasteiger partial charge on any atom is -0.497 e. The van der Waals surface area contributed by atoms with E-state index in [2.05, 4.69) is 20.3 Å². The molecule has 0 saturated heterocycles. The van der Waals surface area contributed by atoms with Gasteiger partial charge in [0, 0.05) is 25.0 Å². The number of ether oxygens (including phenoxy) is 1. The monoisotopic (exact) mass is 230 g/mol. The fourth-order valence-corrected chi connectivity index (χ4v) is 1.42. The largest absolute Gasteiger partial charge is 0.497 e. The van der Waals surface area contributed by atoms with E-state index in [4.69, 9.17) is 4.74 Å². The second-order valence-electron chi connectivity index (χ2n) is 3.38. The van der Waals surface area contributed by atoms with Crippen molar-refractivity contribution in [2.45, 2.75) is 6.92 Å². The molecule has 0 bridgehead atoms. The molecule has 0 aliphatic rings. The third kappa shape index (κ3) is 2.69. The third-order valence-electron chi connectivity index (χ3n) is 2.22. The number of methoxy groups -OCH3 is 1. The highest BCUT2D eigenvalue weighted by Crippen LogP contribution is 2.19. The van der Waals surface area contributed by atoms with Gasteiger partial charge in [-0.25, -0.2) is 9.97 Å². The molecule has 1 N–H and O–H groups in total. The van der Waals surface area contributed by atoms with E-state index in [1.165, 1.54) is 0 Å². The van der Waals surface area contributed by atoms with Crippen molar-refractivity contribution in [3.8, 4) is 17.1 Å². The first-order chi connectivity index (χ1) is 8.33. The Morgan fingerprint density at radius 3 is 2.76 bits per heavy atom. The molecule has 17 heavy (non-hydrogen) atoms. The summed E-state index contributed by atoms with van der Waals surface area (Å²) < 4.78 is 5.16. The highest BCUT2D eigenvalue weighted by molar-refractivity contribution is 5.57. The van der Waals surface area contributed by atoms with E-state index < -0.39 is 0 Å². The molecule has 2 heterocycles. The van der Waals surface area contributed by atoms with Gasteiger partial charge in [-0.05, 0) is 19.1 Å². The number of hydrogen-bond donors (Lipinski definition) is 1. The predicted octanol–water partition coefficient (Wildman–Crippen LogP) is 1.98. The minimum absolute atomic E-state index is 0.606. The maximum Gasteiger partial charge on any atom is 0.223 e. The van der Waals surface area contributed by atoms with Gasteiger partial charge in [0.2, 0.25) is 5.95 Å². The van der Waals surface area contributed by atoms with E-state index in [9.17, 15) is 0 Å². The maximum atomic E-state index is 5.16. The highest BCUT2D eigenvalue weighted by atomic mass is 16.5. The second kappa shape index (κ2) is 5.25. The quantitative estimate of drug-likeness (QED) is 0.870. The van der Waals surface area contributed by atoms with Gasteiger partial charge in [-0.3, -0.25) is 4.98 Å². The number of pyridine rings is 1. The molecule has 0 aliphatic carbocycles. The van der Waals surface area contributed by atoms with Gasteiger partial charge >= 0.3 is 0 Å². The van der Waals surface area contributed by atoms with E-state index in [0.29, 0.717) is 5.95 Å². The lowest BCUT2D eigenvalue weighted by Crippen LogP contribution is -2.02. The van der Waals surface area contributed by atoms with Gasteiger partial charge in [0.15, 0.2) is 0 Å².